The molecule has 2 rings (SSSR count). The molecule has 0 bridgehead atoms. The first-order valence-electron chi connectivity index (χ1n) is 6.10. The zero-order chi connectivity index (χ0) is 13.8. The number of hydrogen-bond acceptors (Lipinski definition) is 4. The van der Waals surface area contributed by atoms with Crippen LogP contribution in [-0.2, 0) is 12.2 Å². The highest BCUT2D eigenvalue weighted by Gasteiger charge is 2.08. The maximum Gasteiger partial charge on any atom is 0.141 e. The van der Waals surface area contributed by atoms with Gasteiger partial charge in [0.2, 0.25) is 0 Å². The molecule has 0 spiro atoms. The van der Waals surface area contributed by atoms with Gasteiger partial charge in [-0.05, 0) is 31.5 Å². The number of benzene rings is 1. The van der Waals surface area contributed by atoms with Crippen LogP contribution in [0.5, 0.6) is 0 Å². The van der Waals surface area contributed by atoms with Crippen molar-refractivity contribution < 1.29 is 0 Å². The van der Waals surface area contributed by atoms with Crippen LogP contribution in [0, 0.1) is 6.92 Å². The minimum Gasteiger partial charge on any atom is -0.383 e. The van der Waals surface area contributed by atoms with Gasteiger partial charge in [-0.2, -0.15) is 0 Å². The number of aromatic nitrogens is 2. The van der Waals surface area contributed by atoms with Crippen molar-refractivity contribution in [3.63, 3.8) is 0 Å². The van der Waals surface area contributed by atoms with Crippen molar-refractivity contribution in [2.45, 2.75) is 30.9 Å². The minimum absolute atomic E-state index is 0.594. The Morgan fingerprint density at radius 2 is 2.11 bits per heavy atom. The fraction of sp³-hybridized carbons (Fsp3) is 0.286. The standard InChI is InChI=1S/C14H16ClN3S/c1-3-12-9(2)17-13(18-14(12)16)8-19-11-6-4-5-10(15)7-11/h4-7H,3,8H2,1-2H3,(H2,16,17,18). The predicted octanol–water partition coefficient (Wildman–Crippen LogP) is 3.88. The Kier molecular flexibility index (Phi) is 4.66. The number of halogens is 1. The lowest BCUT2D eigenvalue weighted by Crippen LogP contribution is -2.06. The van der Waals surface area contributed by atoms with Gasteiger partial charge < -0.3 is 5.73 Å². The summed E-state index contributed by atoms with van der Waals surface area (Å²) in [6, 6.07) is 7.75. The molecule has 0 atom stereocenters. The quantitative estimate of drug-likeness (QED) is 0.869. The topological polar surface area (TPSA) is 51.8 Å². The van der Waals surface area contributed by atoms with Crippen LogP contribution in [0.4, 0.5) is 5.82 Å². The maximum absolute atomic E-state index is 5.95. The van der Waals surface area contributed by atoms with Gasteiger partial charge in [0.15, 0.2) is 0 Å². The van der Waals surface area contributed by atoms with Gasteiger partial charge in [0, 0.05) is 21.2 Å². The zero-order valence-corrected chi connectivity index (χ0v) is 12.6. The molecule has 0 amide bonds. The van der Waals surface area contributed by atoms with Crippen molar-refractivity contribution in [3.8, 4) is 0 Å². The minimum atomic E-state index is 0.594. The number of hydrogen-bond donors (Lipinski definition) is 1. The van der Waals surface area contributed by atoms with Crippen molar-refractivity contribution in [2.75, 3.05) is 5.73 Å². The molecule has 1 aromatic carbocycles. The van der Waals surface area contributed by atoms with E-state index in [1.54, 1.807) is 11.8 Å². The number of rotatable bonds is 4. The number of aryl methyl sites for hydroxylation is 1. The molecule has 5 heteroatoms. The Labute approximate surface area is 122 Å². The van der Waals surface area contributed by atoms with E-state index >= 15 is 0 Å². The molecule has 0 aliphatic rings. The molecular weight excluding hydrogens is 278 g/mol. The maximum atomic E-state index is 5.95. The van der Waals surface area contributed by atoms with Crippen LogP contribution in [0.2, 0.25) is 5.02 Å². The van der Waals surface area contributed by atoms with Crippen LogP contribution in [0.25, 0.3) is 0 Å². The third-order valence-corrected chi connectivity index (χ3v) is 4.03. The molecule has 0 aliphatic heterocycles. The summed E-state index contributed by atoms with van der Waals surface area (Å²) in [5, 5.41) is 0.739. The van der Waals surface area contributed by atoms with Gasteiger partial charge in [0.25, 0.3) is 0 Å². The average Bonchev–Trinajstić information content (AvgIpc) is 2.36. The number of anilines is 1. The Morgan fingerprint density at radius 3 is 2.74 bits per heavy atom. The van der Waals surface area contributed by atoms with Crippen molar-refractivity contribution >= 4 is 29.2 Å². The summed E-state index contributed by atoms with van der Waals surface area (Å²) in [6.45, 7) is 4.03. The normalized spacial score (nSPS) is 10.7. The summed E-state index contributed by atoms with van der Waals surface area (Å²) in [4.78, 5) is 9.96. The molecule has 2 aromatic rings. The van der Waals surface area contributed by atoms with Crippen molar-refractivity contribution in [2.24, 2.45) is 0 Å². The van der Waals surface area contributed by atoms with E-state index < -0.39 is 0 Å². The number of nitrogen functional groups attached to an aromatic ring is 1. The van der Waals surface area contributed by atoms with Crippen LogP contribution >= 0.6 is 23.4 Å². The van der Waals surface area contributed by atoms with E-state index in [1.807, 2.05) is 31.2 Å². The van der Waals surface area contributed by atoms with Gasteiger partial charge in [-0.1, -0.05) is 24.6 Å². The molecule has 3 nitrogen and oxygen atoms in total. The zero-order valence-electron chi connectivity index (χ0n) is 11.0. The van der Waals surface area contributed by atoms with E-state index in [0.29, 0.717) is 11.6 Å². The second kappa shape index (κ2) is 6.26. The van der Waals surface area contributed by atoms with Crippen molar-refractivity contribution in [1.29, 1.82) is 0 Å². The summed E-state index contributed by atoms with van der Waals surface area (Å²) in [7, 11) is 0. The molecule has 0 saturated heterocycles. The second-order valence-corrected chi connectivity index (χ2v) is 5.67. The van der Waals surface area contributed by atoms with Crippen LogP contribution in [0.1, 0.15) is 24.0 Å². The van der Waals surface area contributed by atoms with Gasteiger partial charge >= 0.3 is 0 Å². The number of nitrogens with two attached hydrogens (primary N) is 1. The molecule has 100 valence electrons. The summed E-state index contributed by atoms with van der Waals surface area (Å²) in [5.41, 5.74) is 7.95. The predicted molar refractivity (Wildman–Crippen MR) is 81.6 cm³/mol. The third-order valence-electron chi connectivity index (χ3n) is 2.81. The molecule has 1 aromatic heterocycles. The SMILES string of the molecule is CCc1c(C)nc(CSc2cccc(Cl)c2)nc1N. The number of thioether (sulfide) groups is 1. The highest BCUT2D eigenvalue weighted by molar-refractivity contribution is 7.98. The summed E-state index contributed by atoms with van der Waals surface area (Å²) in [6.07, 6.45) is 0.860. The van der Waals surface area contributed by atoms with E-state index in [1.165, 1.54) is 0 Å². The molecule has 0 fully saturated rings. The van der Waals surface area contributed by atoms with Crippen LogP contribution in [0.15, 0.2) is 29.2 Å². The molecule has 0 radical (unpaired) electrons. The Morgan fingerprint density at radius 1 is 1.32 bits per heavy atom. The Balaban J connectivity index is 2.12. The van der Waals surface area contributed by atoms with Gasteiger partial charge in [-0.15, -0.1) is 11.8 Å². The summed E-state index contributed by atoms with van der Waals surface area (Å²) < 4.78 is 0. The van der Waals surface area contributed by atoms with Crippen molar-refractivity contribution in [1.82, 2.24) is 9.97 Å². The first-order chi connectivity index (χ1) is 9.10. The van der Waals surface area contributed by atoms with Crippen molar-refractivity contribution in [3.05, 3.63) is 46.4 Å². The Bertz CT molecular complexity index is 564. The van der Waals surface area contributed by atoms with Crippen LogP contribution in [-0.4, -0.2) is 9.97 Å². The smallest absolute Gasteiger partial charge is 0.141 e. The molecular formula is C14H16ClN3S. The van der Waals surface area contributed by atoms with Gasteiger partial charge in [-0.25, -0.2) is 9.97 Å². The van der Waals surface area contributed by atoms with E-state index in [9.17, 15) is 0 Å². The van der Waals surface area contributed by atoms with Gasteiger partial charge in [-0.3, -0.25) is 0 Å². The van der Waals surface area contributed by atoms with E-state index in [0.717, 1.165) is 33.4 Å². The first-order valence-corrected chi connectivity index (χ1v) is 7.46. The lowest BCUT2D eigenvalue weighted by Gasteiger charge is -2.08. The third kappa shape index (κ3) is 3.61. The fourth-order valence-corrected chi connectivity index (χ4v) is 2.95. The Hall–Kier alpha value is -1.26. The fourth-order valence-electron chi connectivity index (χ4n) is 1.88. The molecule has 2 N–H and O–H groups in total. The average molecular weight is 294 g/mol. The first kappa shape index (κ1) is 14.2. The lowest BCUT2D eigenvalue weighted by atomic mass is 10.2. The largest absolute Gasteiger partial charge is 0.383 e. The summed E-state index contributed by atoms with van der Waals surface area (Å²) >= 11 is 7.61. The molecule has 19 heavy (non-hydrogen) atoms. The molecule has 0 unspecified atom stereocenters. The number of nitrogens with zero attached hydrogens (tertiary/aromatic N) is 2. The van der Waals surface area contributed by atoms with Crippen LogP contribution in [0.3, 0.4) is 0 Å². The van der Waals surface area contributed by atoms with E-state index in [2.05, 4.69) is 16.9 Å². The van der Waals surface area contributed by atoms with Crippen LogP contribution < -0.4 is 5.73 Å². The highest BCUT2D eigenvalue weighted by atomic mass is 35.5. The highest BCUT2D eigenvalue weighted by Crippen LogP contribution is 2.25. The van der Waals surface area contributed by atoms with Gasteiger partial charge in [0.05, 0.1) is 5.75 Å². The van der Waals surface area contributed by atoms with Gasteiger partial charge in [0.1, 0.15) is 11.6 Å². The monoisotopic (exact) mass is 293 g/mol. The molecule has 0 saturated carbocycles. The summed E-state index contributed by atoms with van der Waals surface area (Å²) in [5.74, 6) is 2.05. The van der Waals surface area contributed by atoms with E-state index in [4.69, 9.17) is 17.3 Å². The second-order valence-electron chi connectivity index (χ2n) is 4.19. The molecule has 0 aliphatic carbocycles. The van der Waals surface area contributed by atoms with E-state index in [-0.39, 0.29) is 0 Å². The lowest BCUT2D eigenvalue weighted by molar-refractivity contribution is 0.947. The molecule has 1 heterocycles.